The summed E-state index contributed by atoms with van der Waals surface area (Å²) in [4.78, 5) is 4.24. The van der Waals surface area contributed by atoms with Crippen LogP contribution in [0.25, 0.3) is 0 Å². The number of pyridine rings is 1. The highest BCUT2D eigenvalue weighted by molar-refractivity contribution is 9.10. The fraction of sp³-hybridized carbons (Fsp3) is 0.0833. The van der Waals surface area contributed by atoms with E-state index in [2.05, 4.69) is 26.2 Å². The van der Waals surface area contributed by atoms with Crippen molar-refractivity contribution in [1.29, 1.82) is 0 Å². The Morgan fingerprint density at radius 2 is 2.00 bits per heavy atom. The van der Waals surface area contributed by atoms with Crippen molar-refractivity contribution < 1.29 is 9.47 Å². The molecule has 5 heteroatoms. The van der Waals surface area contributed by atoms with Gasteiger partial charge in [-0.2, -0.15) is 0 Å². The minimum atomic E-state index is 0.287. The van der Waals surface area contributed by atoms with Crippen LogP contribution in [0, 0.1) is 0 Å². The van der Waals surface area contributed by atoms with Gasteiger partial charge in [0.05, 0.1) is 0 Å². The number of nitrogens with one attached hydrogen (secondary N) is 1. The molecule has 4 nitrogen and oxygen atoms in total. The predicted molar refractivity (Wildman–Crippen MR) is 67.8 cm³/mol. The van der Waals surface area contributed by atoms with Crippen molar-refractivity contribution >= 4 is 27.4 Å². The summed E-state index contributed by atoms with van der Waals surface area (Å²) >= 11 is 3.34. The third kappa shape index (κ3) is 2.19. The van der Waals surface area contributed by atoms with E-state index in [-0.39, 0.29) is 6.79 Å². The molecule has 2 heterocycles. The van der Waals surface area contributed by atoms with Gasteiger partial charge in [-0.25, -0.2) is 4.98 Å². The van der Waals surface area contributed by atoms with Crippen LogP contribution in [0.2, 0.25) is 0 Å². The summed E-state index contributed by atoms with van der Waals surface area (Å²) in [5.41, 5.74) is 0.920. The smallest absolute Gasteiger partial charge is 0.231 e. The van der Waals surface area contributed by atoms with E-state index in [0.717, 1.165) is 27.5 Å². The number of halogens is 1. The third-order valence-electron chi connectivity index (χ3n) is 2.37. The van der Waals surface area contributed by atoms with Gasteiger partial charge in [-0.15, -0.1) is 0 Å². The number of nitrogens with zero attached hydrogens (tertiary/aromatic N) is 1. The summed E-state index contributed by atoms with van der Waals surface area (Å²) in [7, 11) is 0. The molecule has 2 aromatic rings. The second kappa shape index (κ2) is 4.25. The first-order valence-electron chi connectivity index (χ1n) is 5.09. The minimum absolute atomic E-state index is 0.287. The van der Waals surface area contributed by atoms with E-state index in [1.165, 1.54) is 0 Å². The molecule has 0 saturated carbocycles. The highest BCUT2D eigenvalue weighted by atomic mass is 79.9. The average Bonchev–Trinajstić information content (AvgIpc) is 2.79. The van der Waals surface area contributed by atoms with Gasteiger partial charge in [-0.05, 0) is 40.2 Å². The molecule has 1 aromatic heterocycles. The lowest BCUT2D eigenvalue weighted by molar-refractivity contribution is 0.174. The number of fused-ring (bicyclic) bond motifs is 1. The molecule has 1 N–H and O–H groups in total. The second-order valence-corrected chi connectivity index (χ2v) is 4.47. The van der Waals surface area contributed by atoms with E-state index < -0.39 is 0 Å². The molecule has 0 saturated heterocycles. The van der Waals surface area contributed by atoms with Crippen molar-refractivity contribution in [2.24, 2.45) is 0 Å². The molecule has 0 spiro atoms. The van der Waals surface area contributed by atoms with Gasteiger partial charge >= 0.3 is 0 Å². The van der Waals surface area contributed by atoms with Gasteiger partial charge in [0, 0.05) is 22.4 Å². The molecule has 1 aromatic carbocycles. The second-order valence-electron chi connectivity index (χ2n) is 3.55. The number of aromatic nitrogens is 1. The Bertz CT molecular complexity index is 543. The Morgan fingerprint density at radius 3 is 2.82 bits per heavy atom. The Kier molecular flexibility index (Phi) is 2.60. The van der Waals surface area contributed by atoms with Crippen LogP contribution < -0.4 is 14.8 Å². The van der Waals surface area contributed by atoms with Crippen LogP contribution in [0.15, 0.2) is 41.0 Å². The van der Waals surface area contributed by atoms with Crippen LogP contribution in [0.3, 0.4) is 0 Å². The molecule has 0 aliphatic carbocycles. The van der Waals surface area contributed by atoms with E-state index >= 15 is 0 Å². The molecule has 0 radical (unpaired) electrons. The fourth-order valence-electron chi connectivity index (χ4n) is 1.57. The first-order chi connectivity index (χ1) is 8.31. The van der Waals surface area contributed by atoms with Gasteiger partial charge in [0.15, 0.2) is 11.5 Å². The highest BCUT2D eigenvalue weighted by Gasteiger charge is 2.13. The van der Waals surface area contributed by atoms with Crippen LogP contribution in [0.5, 0.6) is 11.5 Å². The normalized spacial score (nSPS) is 12.5. The Hall–Kier alpha value is -1.75. The Balaban J connectivity index is 1.83. The van der Waals surface area contributed by atoms with Crippen molar-refractivity contribution in [3.63, 3.8) is 0 Å². The number of rotatable bonds is 2. The Labute approximate surface area is 107 Å². The van der Waals surface area contributed by atoms with Crippen LogP contribution in [-0.4, -0.2) is 11.8 Å². The van der Waals surface area contributed by atoms with Crippen LogP contribution in [-0.2, 0) is 0 Å². The minimum Gasteiger partial charge on any atom is -0.454 e. The molecule has 0 fully saturated rings. The molecular weight excluding hydrogens is 284 g/mol. The summed E-state index contributed by atoms with van der Waals surface area (Å²) in [6, 6.07) is 9.53. The van der Waals surface area contributed by atoms with E-state index in [1.807, 2.05) is 30.3 Å². The van der Waals surface area contributed by atoms with Crippen LogP contribution >= 0.6 is 15.9 Å². The first kappa shape index (κ1) is 10.4. The van der Waals surface area contributed by atoms with Gasteiger partial charge in [-0.1, -0.05) is 0 Å². The highest BCUT2D eigenvalue weighted by Crippen LogP contribution is 2.34. The third-order valence-corrected chi connectivity index (χ3v) is 2.84. The van der Waals surface area contributed by atoms with Gasteiger partial charge in [0.25, 0.3) is 0 Å². The SMILES string of the molecule is Brc1ccc(Nc2ccc3c(c2)OCO3)nc1. The molecule has 17 heavy (non-hydrogen) atoms. The van der Waals surface area contributed by atoms with E-state index in [9.17, 15) is 0 Å². The van der Waals surface area contributed by atoms with Crippen molar-refractivity contribution in [2.45, 2.75) is 0 Å². The van der Waals surface area contributed by atoms with Gasteiger partial charge in [0.2, 0.25) is 6.79 Å². The first-order valence-corrected chi connectivity index (χ1v) is 5.89. The van der Waals surface area contributed by atoms with Crippen LogP contribution in [0.1, 0.15) is 0 Å². The van der Waals surface area contributed by atoms with Crippen LogP contribution in [0.4, 0.5) is 11.5 Å². The maximum Gasteiger partial charge on any atom is 0.231 e. The lowest BCUT2D eigenvalue weighted by Crippen LogP contribution is -1.93. The standard InChI is InChI=1S/C12H9BrN2O2/c13-8-1-4-12(14-6-8)15-9-2-3-10-11(5-9)17-7-16-10/h1-6H,7H2,(H,14,15). The summed E-state index contributed by atoms with van der Waals surface area (Å²) in [6.07, 6.45) is 1.75. The molecule has 1 aliphatic heterocycles. The molecule has 3 rings (SSSR count). The molecule has 0 amide bonds. The quantitative estimate of drug-likeness (QED) is 0.922. The number of anilines is 2. The molecule has 1 aliphatic rings. The van der Waals surface area contributed by atoms with Gasteiger partial charge in [-0.3, -0.25) is 0 Å². The average molecular weight is 293 g/mol. The largest absolute Gasteiger partial charge is 0.454 e. The van der Waals surface area contributed by atoms with E-state index in [4.69, 9.17) is 9.47 Å². The van der Waals surface area contributed by atoms with Crippen molar-refractivity contribution in [1.82, 2.24) is 4.98 Å². The zero-order valence-electron chi connectivity index (χ0n) is 8.81. The van der Waals surface area contributed by atoms with Crippen molar-refractivity contribution in [3.05, 3.63) is 41.0 Å². The summed E-state index contributed by atoms with van der Waals surface area (Å²) in [6.45, 7) is 0.287. The van der Waals surface area contributed by atoms with Gasteiger partial charge < -0.3 is 14.8 Å². The molecule has 86 valence electrons. The monoisotopic (exact) mass is 292 g/mol. The Morgan fingerprint density at radius 1 is 1.12 bits per heavy atom. The zero-order valence-corrected chi connectivity index (χ0v) is 10.4. The maximum atomic E-state index is 5.31. The lowest BCUT2D eigenvalue weighted by Gasteiger charge is -2.06. The zero-order chi connectivity index (χ0) is 11.7. The molecule has 0 atom stereocenters. The maximum absolute atomic E-state index is 5.31. The molecular formula is C12H9BrN2O2. The van der Waals surface area contributed by atoms with Gasteiger partial charge in [0.1, 0.15) is 5.82 Å². The summed E-state index contributed by atoms with van der Waals surface area (Å²) < 4.78 is 11.5. The summed E-state index contributed by atoms with van der Waals surface area (Å²) in [5, 5.41) is 3.19. The molecule has 0 unspecified atom stereocenters. The molecule has 0 bridgehead atoms. The number of hydrogen-bond donors (Lipinski definition) is 1. The number of hydrogen-bond acceptors (Lipinski definition) is 4. The fourth-order valence-corrected chi connectivity index (χ4v) is 1.81. The summed E-state index contributed by atoms with van der Waals surface area (Å²) in [5.74, 6) is 2.32. The van der Waals surface area contributed by atoms with Crippen molar-refractivity contribution in [3.8, 4) is 11.5 Å². The van der Waals surface area contributed by atoms with Crippen molar-refractivity contribution in [2.75, 3.05) is 12.1 Å². The predicted octanol–water partition coefficient (Wildman–Crippen LogP) is 3.32. The topological polar surface area (TPSA) is 43.4 Å². The number of benzene rings is 1. The van der Waals surface area contributed by atoms with E-state index in [1.54, 1.807) is 6.20 Å². The number of ether oxygens (including phenoxy) is 2. The lowest BCUT2D eigenvalue weighted by atomic mass is 10.3. The van der Waals surface area contributed by atoms with E-state index in [0.29, 0.717) is 0 Å².